The molecule has 0 radical (unpaired) electrons. The van der Waals surface area contributed by atoms with Gasteiger partial charge in [-0.25, -0.2) is 4.98 Å². The number of amides is 1. The van der Waals surface area contributed by atoms with E-state index in [9.17, 15) is 4.79 Å². The summed E-state index contributed by atoms with van der Waals surface area (Å²) in [5.74, 6) is 1.78. The minimum absolute atomic E-state index is 0.126. The standard InChI is InChI=1S/C24H22N6O3/c1-14-22-18(17-10-9-16(32-2)11-20(17)33-3)12-21(31)27-23(22)30(29-14)24-26-19(13-25-28-24)15-7-5-4-6-8-15/h4-11,13,18H,12H2,1-3H3,(H,27,31)/t18-/m0/s1. The van der Waals surface area contributed by atoms with Gasteiger partial charge in [-0.15, -0.1) is 5.10 Å². The lowest BCUT2D eigenvalue weighted by Crippen LogP contribution is -2.25. The van der Waals surface area contributed by atoms with Crippen molar-refractivity contribution in [1.29, 1.82) is 0 Å². The third kappa shape index (κ3) is 3.67. The molecule has 166 valence electrons. The van der Waals surface area contributed by atoms with E-state index in [2.05, 4.69) is 25.6 Å². The third-order valence-corrected chi connectivity index (χ3v) is 5.73. The summed E-state index contributed by atoms with van der Waals surface area (Å²) in [6, 6.07) is 15.3. The molecule has 4 aromatic rings. The van der Waals surface area contributed by atoms with Crippen molar-refractivity contribution in [2.24, 2.45) is 0 Å². The predicted octanol–water partition coefficient (Wildman–Crippen LogP) is 3.52. The minimum Gasteiger partial charge on any atom is -0.497 e. The summed E-state index contributed by atoms with van der Waals surface area (Å²) in [6.07, 6.45) is 1.87. The predicted molar refractivity (Wildman–Crippen MR) is 122 cm³/mol. The summed E-state index contributed by atoms with van der Waals surface area (Å²) >= 11 is 0. The Morgan fingerprint density at radius 2 is 1.91 bits per heavy atom. The van der Waals surface area contributed by atoms with Crippen LogP contribution in [0.25, 0.3) is 17.2 Å². The van der Waals surface area contributed by atoms with Gasteiger partial charge in [-0.3, -0.25) is 4.79 Å². The van der Waals surface area contributed by atoms with Crippen molar-refractivity contribution in [3.8, 4) is 28.7 Å². The zero-order valence-corrected chi connectivity index (χ0v) is 18.4. The van der Waals surface area contributed by atoms with Crippen LogP contribution in [0.15, 0.2) is 54.7 Å². The van der Waals surface area contributed by atoms with Crippen LogP contribution >= 0.6 is 0 Å². The monoisotopic (exact) mass is 442 g/mol. The number of benzene rings is 2. The molecule has 5 rings (SSSR count). The van der Waals surface area contributed by atoms with Gasteiger partial charge in [0.1, 0.15) is 17.3 Å². The van der Waals surface area contributed by atoms with Crippen LogP contribution in [-0.2, 0) is 4.79 Å². The molecule has 0 saturated carbocycles. The second-order valence-corrected chi connectivity index (χ2v) is 7.68. The largest absolute Gasteiger partial charge is 0.497 e. The Morgan fingerprint density at radius 3 is 2.67 bits per heavy atom. The number of carbonyl (C=O) groups is 1. The van der Waals surface area contributed by atoms with Gasteiger partial charge in [-0.2, -0.15) is 14.9 Å². The summed E-state index contributed by atoms with van der Waals surface area (Å²) < 4.78 is 12.5. The zero-order valence-electron chi connectivity index (χ0n) is 18.4. The van der Waals surface area contributed by atoms with Crippen molar-refractivity contribution < 1.29 is 14.3 Å². The fourth-order valence-corrected chi connectivity index (χ4v) is 4.20. The maximum absolute atomic E-state index is 12.7. The molecule has 0 spiro atoms. The molecule has 9 heteroatoms. The number of hydrogen-bond acceptors (Lipinski definition) is 7. The number of rotatable bonds is 5. The average Bonchev–Trinajstić information content (AvgIpc) is 3.19. The second-order valence-electron chi connectivity index (χ2n) is 7.68. The van der Waals surface area contributed by atoms with Crippen LogP contribution in [0.3, 0.4) is 0 Å². The Hall–Kier alpha value is -4.27. The van der Waals surface area contributed by atoms with E-state index < -0.39 is 0 Å². The third-order valence-electron chi connectivity index (χ3n) is 5.73. The zero-order chi connectivity index (χ0) is 22.9. The van der Waals surface area contributed by atoms with Gasteiger partial charge in [0.25, 0.3) is 5.95 Å². The van der Waals surface area contributed by atoms with Crippen LogP contribution < -0.4 is 14.8 Å². The molecule has 1 aliphatic heterocycles. The van der Waals surface area contributed by atoms with Gasteiger partial charge in [-0.05, 0) is 13.0 Å². The molecule has 2 aromatic carbocycles. The highest BCUT2D eigenvalue weighted by molar-refractivity contribution is 5.95. The highest BCUT2D eigenvalue weighted by atomic mass is 16.5. The van der Waals surface area contributed by atoms with Crippen LogP contribution in [0, 0.1) is 6.92 Å². The molecule has 3 heterocycles. The van der Waals surface area contributed by atoms with Crippen molar-refractivity contribution in [2.75, 3.05) is 19.5 Å². The summed E-state index contributed by atoms with van der Waals surface area (Å²) in [7, 11) is 3.21. The first kappa shape index (κ1) is 20.6. The second kappa shape index (κ2) is 8.34. The average molecular weight is 442 g/mol. The van der Waals surface area contributed by atoms with E-state index in [4.69, 9.17) is 9.47 Å². The first-order chi connectivity index (χ1) is 16.1. The SMILES string of the molecule is COc1ccc([C@@H]2CC(=O)Nc3c2c(C)nn3-c2nncc(-c3ccccc3)n2)c(OC)c1. The number of aromatic nitrogens is 5. The lowest BCUT2D eigenvalue weighted by Gasteiger charge is -2.25. The first-order valence-corrected chi connectivity index (χ1v) is 10.5. The summed E-state index contributed by atoms with van der Waals surface area (Å²) in [5.41, 5.74) is 4.12. The molecule has 0 fully saturated rings. The van der Waals surface area contributed by atoms with E-state index in [1.165, 1.54) is 0 Å². The van der Waals surface area contributed by atoms with Gasteiger partial charge in [0.2, 0.25) is 5.91 Å². The topological polar surface area (TPSA) is 104 Å². The number of nitrogens with zero attached hydrogens (tertiary/aromatic N) is 5. The fraction of sp³-hybridized carbons (Fsp3) is 0.208. The maximum Gasteiger partial charge on any atom is 0.272 e. The van der Waals surface area contributed by atoms with Crippen molar-refractivity contribution in [3.63, 3.8) is 0 Å². The highest BCUT2D eigenvalue weighted by Gasteiger charge is 2.34. The van der Waals surface area contributed by atoms with E-state index >= 15 is 0 Å². The molecule has 2 aromatic heterocycles. The van der Waals surface area contributed by atoms with Gasteiger partial charge in [0.05, 0.1) is 31.8 Å². The van der Waals surface area contributed by atoms with E-state index in [1.54, 1.807) is 25.1 Å². The van der Waals surface area contributed by atoms with Crippen molar-refractivity contribution in [1.82, 2.24) is 25.0 Å². The quantitative estimate of drug-likeness (QED) is 0.504. The van der Waals surface area contributed by atoms with Gasteiger partial charge in [0, 0.05) is 35.1 Å². The van der Waals surface area contributed by atoms with Crippen LogP contribution in [-0.4, -0.2) is 45.1 Å². The van der Waals surface area contributed by atoms with E-state index in [0.717, 1.165) is 22.4 Å². The van der Waals surface area contributed by atoms with Crippen LogP contribution in [0.4, 0.5) is 5.82 Å². The van der Waals surface area contributed by atoms with E-state index in [0.29, 0.717) is 23.0 Å². The van der Waals surface area contributed by atoms with Gasteiger partial charge >= 0.3 is 0 Å². The van der Waals surface area contributed by atoms with Crippen LogP contribution in [0.2, 0.25) is 0 Å². The molecule has 1 aliphatic rings. The lowest BCUT2D eigenvalue weighted by atomic mass is 9.85. The Kier molecular flexibility index (Phi) is 5.21. The van der Waals surface area contributed by atoms with Gasteiger partial charge in [0.15, 0.2) is 0 Å². The molecule has 0 bridgehead atoms. The number of methoxy groups -OCH3 is 2. The number of fused-ring (bicyclic) bond motifs is 1. The van der Waals surface area contributed by atoms with Crippen LogP contribution in [0.5, 0.6) is 11.5 Å². The maximum atomic E-state index is 12.7. The molecule has 0 saturated heterocycles. The van der Waals surface area contributed by atoms with Gasteiger partial charge in [-0.1, -0.05) is 36.4 Å². The van der Waals surface area contributed by atoms with Crippen LogP contribution in [0.1, 0.15) is 29.2 Å². The lowest BCUT2D eigenvalue weighted by molar-refractivity contribution is -0.116. The molecular formula is C24H22N6O3. The fourth-order valence-electron chi connectivity index (χ4n) is 4.20. The van der Waals surface area contributed by atoms with E-state index in [1.807, 2.05) is 55.5 Å². The first-order valence-electron chi connectivity index (χ1n) is 10.5. The Labute approximate surface area is 190 Å². The number of hydrogen-bond donors (Lipinski definition) is 1. The molecular weight excluding hydrogens is 420 g/mol. The Morgan fingerprint density at radius 1 is 1.09 bits per heavy atom. The van der Waals surface area contributed by atoms with Crippen molar-refractivity contribution in [3.05, 3.63) is 71.5 Å². The van der Waals surface area contributed by atoms with Crippen molar-refractivity contribution in [2.45, 2.75) is 19.3 Å². The Balaban J connectivity index is 1.63. The summed E-state index contributed by atoms with van der Waals surface area (Å²) in [6.45, 7) is 1.91. The number of ether oxygens (including phenoxy) is 2. The molecule has 1 amide bonds. The molecule has 1 atom stereocenters. The minimum atomic E-state index is -0.242. The molecule has 33 heavy (non-hydrogen) atoms. The van der Waals surface area contributed by atoms with Crippen molar-refractivity contribution >= 4 is 11.7 Å². The number of carbonyl (C=O) groups excluding carboxylic acids is 1. The molecule has 9 nitrogen and oxygen atoms in total. The Bertz CT molecular complexity index is 1340. The number of nitrogens with one attached hydrogen (secondary N) is 1. The smallest absolute Gasteiger partial charge is 0.272 e. The highest BCUT2D eigenvalue weighted by Crippen LogP contribution is 2.43. The van der Waals surface area contributed by atoms with E-state index in [-0.39, 0.29) is 24.2 Å². The molecule has 0 aliphatic carbocycles. The normalized spacial score (nSPS) is 15.0. The number of anilines is 1. The molecule has 0 unspecified atom stereocenters. The van der Waals surface area contributed by atoms with Gasteiger partial charge < -0.3 is 14.8 Å². The number of aryl methyl sites for hydroxylation is 1. The summed E-state index contributed by atoms with van der Waals surface area (Å²) in [4.78, 5) is 17.4. The molecule has 1 N–H and O–H groups in total. The summed E-state index contributed by atoms with van der Waals surface area (Å²) in [5, 5.41) is 15.9.